The van der Waals surface area contributed by atoms with Crippen LogP contribution in [0.1, 0.15) is 27.1 Å². The van der Waals surface area contributed by atoms with E-state index < -0.39 is 5.91 Å². The lowest BCUT2D eigenvalue weighted by atomic mass is 10.2. The van der Waals surface area contributed by atoms with Crippen molar-refractivity contribution in [2.24, 2.45) is 5.73 Å². The van der Waals surface area contributed by atoms with Crippen molar-refractivity contribution in [3.63, 3.8) is 0 Å². The van der Waals surface area contributed by atoms with Gasteiger partial charge in [0.15, 0.2) is 0 Å². The van der Waals surface area contributed by atoms with Crippen LogP contribution in [-0.2, 0) is 9.53 Å². The third-order valence-electron chi connectivity index (χ3n) is 3.84. The lowest BCUT2D eigenvalue weighted by Gasteiger charge is -2.09. The first-order valence-corrected chi connectivity index (χ1v) is 8.80. The van der Waals surface area contributed by atoms with Gasteiger partial charge in [0.2, 0.25) is 11.8 Å². The highest BCUT2D eigenvalue weighted by Gasteiger charge is 2.07. The molecule has 0 saturated carbocycles. The molecule has 0 spiro atoms. The molecule has 0 fully saturated rings. The highest BCUT2D eigenvalue weighted by atomic mass is 16.5. The molecule has 2 rings (SSSR count). The standard InChI is InChI=1S/C20H24N4O4/c1-28-11-3-10-22-20(27)14-6-8-16(9-7-14)23-13-18(25)24-17-5-2-4-15(12-17)19(21)26/h2,4-9,12,23H,3,10-11,13H2,1H3,(H2,21,26)(H,22,27)(H,24,25). The fourth-order valence-electron chi connectivity index (χ4n) is 2.40. The second-order valence-corrected chi connectivity index (χ2v) is 6.03. The lowest BCUT2D eigenvalue weighted by Crippen LogP contribution is -2.25. The molecule has 148 valence electrons. The summed E-state index contributed by atoms with van der Waals surface area (Å²) in [6.45, 7) is 1.17. The minimum Gasteiger partial charge on any atom is -0.385 e. The number of methoxy groups -OCH3 is 1. The molecule has 0 aliphatic rings. The molecule has 0 saturated heterocycles. The van der Waals surface area contributed by atoms with Gasteiger partial charge < -0.3 is 26.4 Å². The Morgan fingerprint density at radius 2 is 1.75 bits per heavy atom. The number of carbonyl (C=O) groups excluding carboxylic acids is 3. The first kappa shape index (κ1) is 20.9. The topological polar surface area (TPSA) is 123 Å². The van der Waals surface area contributed by atoms with Gasteiger partial charge in [-0.3, -0.25) is 14.4 Å². The number of carbonyl (C=O) groups is 3. The van der Waals surface area contributed by atoms with E-state index in [4.69, 9.17) is 10.5 Å². The quantitative estimate of drug-likeness (QED) is 0.464. The highest BCUT2D eigenvalue weighted by Crippen LogP contribution is 2.11. The van der Waals surface area contributed by atoms with Crippen LogP contribution >= 0.6 is 0 Å². The second kappa shape index (κ2) is 10.7. The molecule has 0 heterocycles. The number of amides is 3. The van der Waals surface area contributed by atoms with Crippen LogP contribution in [-0.4, -0.2) is 44.5 Å². The van der Waals surface area contributed by atoms with Crippen molar-refractivity contribution < 1.29 is 19.1 Å². The molecule has 0 aliphatic heterocycles. The Bertz CT molecular complexity index is 821. The largest absolute Gasteiger partial charge is 0.385 e. The van der Waals surface area contributed by atoms with Gasteiger partial charge in [-0.25, -0.2) is 0 Å². The van der Waals surface area contributed by atoms with E-state index in [0.29, 0.717) is 35.7 Å². The van der Waals surface area contributed by atoms with E-state index in [1.807, 2.05) is 0 Å². The van der Waals surface area contributed by atoms with E-state index >= 15 is 0 Å². The van der Waals surface area contributed by atoms with E-state index in [1.165, 1.54) is 6.07 Å². The Morgan fingerprint density at radius 1 is 1.00 bits per heavy atom. The second-order valence-electron chi connectivity index (χ2n) is 6.03. The fourth-order valence-corrected chi connectivity index (χ4v) is 2.40. The summed E-state index contributed by atoms with van der Waals surface area (Å²) in [7, 11) is 1.62. The van der Waals surface area contributed by atoms with Gasteiger partial charge in [0.25, 0.3) is 5.91 Å². The maximum atomic E-state index is 12.0. The summed E-state index contributed by atoms with van der Waals surface area (Å²) in [4.78, 5) is 35.2. The van der Waals surface area contributed by atoms with Gasteiger partial charge in [-0.15, -0.1) is 0 Å². The first-order chi connectivity index (χ1) is 13.5. The zero-order chi connectivity index (χ0) is 20.4. The number of hydrogen-bond donors (Lipinski definition) is 4. The fraction of sp³-hybridized carbons (Fsp3) is 0.250. The van der Waals surface area contributed by atoms with E-state index in [2.05, 4.69) is 16.0 Å². The Labute approximate surface area is 163 Å². The average Bonchev–Trinajstić information content (AvgIpc) is 2.70. The molecule has 0 aliphatic carbocycles. The number of ether oxygens (including phenoxy) is 1. The van der Waals surface area contributed by atoms with Crippen molar-refractivity contribution >= 4 is 29.1 Å². The molecule has 8 nitrogen and oxygen atoms in total. The van der Waals surface area contributed by atoms with Crippen molar-refractivity contribution in [2.45, 2.75) is 6.42 Å². The molecule has 28 heavy (non-hydrogen) atoms. The minimum absolute atomic E-state index is 0.0311. The molecule has 0 unspecified atom stereocenters. The summed E-state index contributed by atoms with van der Waals surface area (Å²) in [6.07, 6.45) is 0.749. The van der Waals surface area contributed by atoms with E-state index in [1.54, 1.807) is 49.6 Å². The highest BCUT2D eigenvalue weighted by molar-refractivity contribution is 5.97. The van der Waals surface area contributed by atoms with Gasteiger partial charge in [-0.2, -0.15) is 0 Å². The van der Waals surface area contributed by atoms with Crippen LogP contribution in [0.4, 0.5) is 11.4 Å². The number of primary amides is 1. The molecule has 2 aromatic carbocycles. The maximum Gasteiger partial charge on any atom is 0.251 e. The van der Waals surface area contributed by atoms with E-state index in [-0.39, 0.29) is 18.4 Å². The summed E-state index contributed by atoms with van der Waals surface area (Å²) in [5, 5.41) is 8.47. The van der Waals surface area contributed by atoms with Gasteiger partial charge in [0.1, 0.15) is 0 Å². The Kier molecular flexibility index (Phi) is 7.98. The Hall–Kier alpha value is -3.39. The molecular weight excluding hydrogens is 360 g/mol. The summed E-state index contributed by atoms with van der Waals surface area (Å²) in [5.41, 5.74) is 7.28. The number of hydrogen-bond acceptors (Lipinski definition) is 5. The van der Waals surface area contributed by atoms with Gasteiger partial charge >= 0.3 is 0 Å². The van der Waals surface area contributed by atoms with Gasteiger partial charge in [-0.1, -0.05) is 6.07 Å². The number of nitrogens with two attached hydrogens (primary N) is 1. The minimum atomic E-state index is -0.558. The SMILES string of the molecule is COCCCNC(=O)c1ccc(NCC(=O)Nc2cccc(C(N)=O)c2)cc1. The number of benzene rings is 2. The molecule has 2 aromatic rings. The molecule has 8 heteroatoms. The van der Waals surface area contributed by atoms with Crippen LogP contribution in [0.5, 0.6) is 0 Å². The van der Waals surface area contributed by atoms with Gasteiger partial charge in [0.05, 0.1) is 6.54 Å². The van der Waals surface area contributed by atoms with Crippen molar-refractivity contribution in [1.82, 2.24) is 5.32 Å². The Morgan fingerprint density at radius 3 is 2.43 bits per heavy atom. The first-order valence-electron chi connectivity index (χ1n) is 8.80. The molecule has 5 N–H and O–H groups in total. The molecule has 0 atom stereocenters. The summed E-state index contributed by atoms with van der Waals surface area (Å²) >= 11 is 0. The van der Waals surface area contributed by atoms with Crippen LogP contribution < -0.4 is 21.7 Å². The van der Waals surface area contributed by atoms with Gasteiger partial charge in [-0.05, 0) is 48.9 Å². The van der Waals surface area contributed by atoms with Crippen LogP contribution in [0.3, 0.4) is 0 Å². The normalized spacial score (nSPS) is 10.2. The lowest BCUT2D eigenvalue weighted by molar-refractivity contribution is -0.114. The zero-order valence-electron chi connectivity index (χ0n) is 15.7. The summed E-state index contributed by atoms with van der Waals surface area (Å²) in [6, 6.07) is 13.2. The monoisotopic (exact) mass is 384 g/mol. The summed E-state index contributed by atoms with van der Waals surface area (Å²) in [5.74, 6) is -0.992. The van der Waals surface area contributed by atoms with Crippen LogP contribution in [0.25, 0.3) is 0 Å². The summed E-state index contributed by atoms with van der Waals surface area (Å²) < 4.78 is 4.93. The molecule has 0 bridgehead atoms. The van der Waals surface area contributed by atoms with Crippen molar-refractivity contribution in [2.75, 3.05) is 37.4 Å². The maximum absolute atomic E-state index is 12.0. The zero-order valence-corrected chi connectivity index (χ0v) is 15.7. The predicted molar refractivity (Wildman–Crippen MR) is 107 cm³/mol. The average molecular weight is 384 g/mol. The Balaban J connectivity index is 1.81. The van der Waals surface area contributed by atoms with E-state index in [0.717, 1.165) is 6.42 Å². The molecule has 0 radical (unpaired) electrons. The van der Waals surface area contributed by atoms with Crippen molar-refractivity contribution in [3.05, 3.63) is 59.7 Å². The van der Waals surface area contributed by atoms with Crippen LogP contribution in [0.2, 0.25) is 0 Å². The smallest absolute Gasteiger partial charge is 0.251 e. The number of anilines is 2. The third-order valence-corrected chi connectivity index (χ3v) is 3.84. The molecular formula is C20H24N4O4. The molecule has 3 amide bonds. The number of rotatable bonds is 10. The predicted octanol–water partition coefficient (Wildman–Crippen LogP) is 1.60. The van der Waals surface area contributed by atoms with E-state index in [9.17, 15) is 14.4 Å². The van der Waals surface area contributed by atoms with Crippen LogP contribution in [0.15, 0.2) is 48.5 Å². The van der Waals surface area contributed by atoms with Gasteiger partial charge in [0, 0.05) is 42.8 Å². The van der Waals surface area contributed by atoms with Crippen molar-refractivity contribution in [3.8, 4) is 0 Å². The number of nitrogens with one attached hydrogen (secondary N) is 3. The van der Waals surface area contributed by atoms with Crippen LogP contribution in [0, 0.1) is 0 Å². The van der Waals surface area contributed by atoms with Crippen molar-refractivity contribution in [1.29, 1.82) is 0 Å². The molecule has 0 aromatic heterocycles. The third kappa shape index (κ3) is 6.73.